The van der Waals surface area contributed by atoms with E-state index in [9.17, 15) is 0 Å². The third-order valence-corrected chi connectivity index (χ3v) is 3.44. The number of hydrogen-bond donors (Lipinski definition) is 1. The van der Waals surface area contributed by atoms with E-state index in [-0.39, 0.29) is 5.92 Å². The van der Waals surface area contributed by atoms with Gasteiger partial charge in [-0.1, -0.05) is 35.9 Å². The summed E-state index contributed by atoms with van der Waals surface area (Å²) in [6, 6.07) is 16.1. The topological polar surface area (TPSA) is 35.2 Å². The molecule has 0 aliphatic rings. The lowest BCUT2D eigenvalue weighted by molar-refractivity contribution is 0.414. The van der Waals surface area contributed by atoms with Crippen LogP contribution in [-0.4, -0.2) is 13.7 Å². The monoisotopic (exact) mass is 275 g/mol. The number of hydrogen-bond acceptors (Lipinski definition) is 2. The summed E-state index contributed by atoms with van der Waals surface area (Å²) in [5, 5.41) is 0.752. The van der Waals surface area contributed by atoms with E-state index < -0.39 is 0 Å². The quantitative estimate of drug-likeness (QED) is 0.900. The predicted octanol–water partition coefficient (Wildman–Crippen LogP) is 3.83. The fourth-order valence-electron chi connectivity index (χ4n) is 2.27. The molecule has 0 fully saturated rings. The SMILES string of the molecule is COc1cccc(C(CCN)c2cccc(Cl)c2)c1. The van der Waals surface area contributed by atoms with Crippen LogP contribution in [0.15, 0.2) is 48.5 Å². The van der Waals surface area contributed by atoms with Crippen molar-refractivity contribution in [2.75, 3.05) is 13.7 Å². The first-order valence-electron chi connectivity index (χ1n) is 6.34. The minimum atomic E-state index is 0.249. The van der Waals surface area contributed by atoms with Crippen molar-refractivity contribution < 1.29 is 4.74 Å². The number of benzene rings is 2. The summed E-state index contributed by atoms with van der Waals surface area (Å²) in [5.41, 5.74) is 8.14. The van der Waals surface area contributed by atoms with Crippen molar-refractivity contribution in [1.29, 1.82) is 0 Å². The number of nitrogens with two attached hydrogens (primary N) is 1. The number of halogens is 1. The fraction of sp³-hybridized carbons (Fsp3) is 0.250. The highest BCUT2D eigenvalue weighted by atomic mass is 35.5. The van der Waals surface area contributed by atoms with Gasteiger partial charge in [0.15, 0.2) is 0 Å². The zero-order chi connectivity index (χ0) is 13.7. The summed E-state index contributed by atoms with van der Waals surface area (Å²) in [4.78, 5) is 0. The van der Waals surface area contributed by atoms with Gasteiger partial charge < -0.3 is 10.5 Å². The highest BCUT2D eigenvalue weighted by molar-refractivity contribution is 6.30. The lowest BCUT2D eigenvalue weighted by atomic mass is 9.88. The van der Waals surface area contributed by atoms with Gasteiger partial charge in [0.2, 0.25) is 0 Å². The maximum absolute atomic E-state index is 6.08. The smallest absolute Gasteiger partial charge is 0.119 e. The fourth-order valence-corrected chi connectivity index (χ4v) is 2.47. The average Bonchev–Trinajstić information content (AvgIpc) is 2.45. The van der Waals surface area contributed by atoms with E-state index in [0.717, 1.165) is 17.2 Å². The van der Waals surface area contributed by atoms with E-state index >= 15 is 0 Å². The van der Waals surface area contributed by atoms with Crippen molar-refractivity contribution in [3.63, 3.8) is 0 Å². The molecule has 0 saturated heterocycles. The van der Waals surface area contributed by atoms with Crippen LogP contribution >= 0.6 is 11.6 Å². The molecule has 0 aliphatic carbocycles. The summed E-state index contributed by atoms with van der Waals surface area (Å²) in [7, 11) is 1.68. The van der Waals surface area contributed by atoms with Crippen molar-refractivity contribution in [2.45, 2.75) is 12.3 Å². The Morgan fingerprint density at radius 2 is 1.79 bits per heavy atom. The van der Waals surface area contributed by atoms with E-state index in [4.69, 9.17) is 22.1 Å². The molecule has 0 heterocycles. The third-order valence-electron chi connectivity index (χ3n) is 3.20. The van der Waals surface area contributed by atoms with Gasteiger partial charge >= 0.3 is 0 Å². The van der Waals surface area contributed by atoms with Crippen molar-refractivity contribution >= 4 is 11.6 Å². The molecule has 3 heteroatoms. The molecule has 2 N–H and O–H groups in total. The Hall–Kier alpha value is -1.51. The molecular weight excluding hydrogens is 258 g/mol. The highest BCUT2D eigenvalue weighted by Gasteiger charge is 2.14. The van der Waals surface area contributed by atoms with Gasteiger partial charge in [-0.25, -0.2) is 0 Å². The highest BCUT2D eigenvalue weighted by Crippen LogP contribution is 2.31. The first kappa shape index (κ1) is 13.9. The van der Waals surface area contributed by atoms with Crippen molar-refractivity contribution in [3.8, 4) is 5.75 Å². The van der Waals surface area contributed by atoms with Gasteiger partial charge in [-0.15, -0.1) is 0 Å². The van der Waals surface area contributed by atoms with Crippen LogP contribution in [-0.2, 0) is 0 Å². The van der Waals surface area contributed by atoms with E-state index in [2.05, 4.69) is 18.2 Å². The molecule has 0 spiro atoms. The Labute approximate surface area is 119 Å². The summed E-state index contributed by atoms with van der Waals surface area (Å²) in [6.45, 7) is 0.633. The molecular formula is C16H18ClNO. The van der Waals surface area contributed by atoms with Crippen LogP contribution in [0.25, 0.3) is 0 Å². The molecule has 0 saturated carbocycles. The van der Waals surface area contributed by atoms with Crippen LogP contribution in [0.5, 0.6) is 5.75 Å². The lowest BCUT2D eigenvalue weighted by Gasteiger charge is -2.18. The minimum Gasteiger partial charge on any atom is -0.497 e. The van der Waals surface area contributed by atoms with Gasteiger partial charge in [0.1, 0.15) is 5.75 Å². The zero-order valence-electron chi connectivity index (χ0n) is 11.0. The summed E-state index contributed by atoms with van der Waals surface area (Å²) < 4.78 is 5.29. The molecule has 0 amide bonds. The van der Waals surface area contributed by atoms with E-state index in [1.54, 1.807) is 7.11 Å². The van der Waals surface area contributed by atoms with Gasteiger partial charge in [0.25, 0.3) is 0 Å². The van der Waals surface area contributed by atoms with E-state index in [1.165, 1.54) is 11.1 Å². The second-order valence-corrected chi connectivity index (χ2v) is 4.90. The maximum atomic E-state index is 6.08. The number of rotatable bonds is 5. The van der Waals surface area contributed by atoms with Crippen molar-refractivity contribution in [2.24, 2.45) is 5.73 Å². The van der Waals surface area contributed by atoms with Gasteiger partial charge in [-0.3, -0.25) is 0 Å². The Morgan fingerprint density at radius 1 is 1.11 bits per heavy atom. The zero-order valence-corrected chi connectivity index (χ0v) is 11.7. The molecule has 0 bridgehead atoms. The molecule has 2 aromatic rings. The first-order valence-corrected chi connectivity index (χ1v) is 6.72. The molecule has 0 radical (unpaired) electrons. The molecule has 0 aliphatic heterocycles. The molecule has 2 rings (SSSR count). The standard InChI is InChI=1S/C16H18ClNO/c1-19-15-7-3-5-13(11-15)16(8-9-18)12-4-2-6-14(17)10-12/h2-7,10-11,16H,8-9,18H2,1H3. The molecule has 100 valence electrons. The van der Waals surface area contributed by atoms with E-state index in [0.29, 0.717) is 6.54 Å². The Bertz CT molecular complexity index is 542. The Kier molecular flexibility index (Phi) is 4.83. The normalized spacial score (nSPS) is 12.2. The molecule has 1 unspecified atom stereocenters. The summed E-state index contributed by atoms with van der Waals surface area (Å²) >= 11 is 6.08. The van der Waals surface area contributed by atoms with Crippen LogP contribution in [0.1, 0.15) is 23.5 Å². The largest absolute Gasteiger partial charge is 0.497 e. The summed E-state index contributed by atoms with van der Waals surface area (Å²) in [5.74, 6) is 1.11. The van der Waals surface area contributed by atoms with Crippen LogP contribution in [0.4, 0.5) is 0 Å². The van der Waals surface area contributed by atoms with Gasteiger partial charge in [0.05, 0.1) is 7.11 Å². The van der Waals surface area contributed by atoms with Crippen LogP contribution in [0.3, 0.4) is 0 Å². The average molecular weight is 276 g/mol. The van der Waals surface area contributed by atoms with Gasteiger partial charge in [-0.2, -0.15) is 0 Å². The predicted molar refractivity (Wildman–Crippen MR) is 80.0 cm³/mol. The summed E-state index contributed by atoms with van der Waals surface area (Å²) in [6.07, 6.45) is 0.882. The number of ether oxygens (including phenoxy) is 1. The van der Waals surface area contributed by atoms with Crippen LogP contribution in [0, 0.1) is 0 Å². The Balaban J connectivity index is 2.38. The van der Waals surface area contributed by atoms with Gasteiger partial charge in [0, 0.05) is 10.9 Å². The van der Waals surface area contributed by atoms with Crippen molar-refractivity contribution in [3.05, 3.63) is 64.7 Å². The minimum absolute atomic E-state index is 0.249. The van der Waals surface area contributed by atoms with Gasteiger partial charge in [-0.05, 0) is 48.4 Å². The molecule has 0 aromatic heterocycles. The molecule has 19 heavy (non-hydrogen) atoms. The third kappa shape index (κ3) is 3.49. The maximum Gasteiger partial charge on any atom is 0.119 e. The number of methoxy groups -OCH3 is 1. The second kappa shape index (κ2) is 6.60. The molecule has 2 nitrogen and oxygen atoms in total. The van der Waals surface area contributed by atoms with Crippen molar-refractivity contribution in [1.82, 2.24) is 0 Å². The first-order chi connectivity index (χ1) is 9.24. The van der Waals surface area contributed by atoms with Crippen LogP contribution < -0.4 is 10.5 Å². The Morgan fingerprint density at radius 3 is 2.42 bits per heavy atom. The lowest BCUT2D eigenvalue weighted by Crippen LogP contribution is -2.09. The van der Waals surface area contributed by atoms with Crippen LogP contribution in [0.2, 0.25) is 5.02 Å². The molecule has 1 atom stereocenters. The molecule has 2 aromatic carbocycles. The second-order valence-electron chi connectivity index (χ2n) is 4.46. The van der Waals surface area contributed by atoms with E-state index in [1.807, 2.05) is 30.3 Å².